The highest BCUT2D eigenvalue weighted by atomic mass is 19.3. The topological polar surface area (TPSA) is 73.7 Å². The van der Waals surface area contributed by atoms with E-state index in [1.807, 2.05) is 36.5 Å². The molecule has 2 heterocycles. The van der Waals surface area contributed by atoms with Crippen molar-refractivity contribution in [3.05, 3.63) is 48.3 Å². The monoisotopic (exact) mass is 382 g/mol. The number of aromatic nitrogens is 2. The third kappa shape index (κ3) is 4.22. The molecular formula is C21H20F2N4O. The van der Waals surface area contributed by atoms with Gasteiger partial charge in [0, 0.05) is 42.4 Å². The summed E-state index contributed by atoms with van der Waals surface area (Å²) in [6, 6.07) is 13.2. The Kier molecular flexibility index (Phi) is 4.86. The van der Waals surface area contributed by atoms with Crippen LogP contribution >= 0.6 is 0 Å². The van der Waals surface area contributed by atoms with Crippen LogP contribution in [0.15, 0.2) is 42.6 Å². The van der Waals surface area contributed by atoms with Crippen molar-refractivity contribution in [1.29, 1.82) is 5.26 Å². The van der Waals surface area contributed by atoms with Gasteiger partial charge in [0.05, 0.1) is 6.61 Å². The highest BCUT2D eigenvalue weighted by molar-refractivity contribution is 5.83. The number of rotatable bonds is 5. The van der Waals surface area contributed by atoms with E-state index in [-0.39, 0.29) is 24.5 Å². The number of anilines is 2. The van der Waals surface area contributed by atoms with E-state index in [4.69, 9.17) is 4.74 Å². The number of alkyl halides is 2. The molecule has 0 atom stereocenters. The SMILES string of the molecule is N#Cc1cc(OCC2CCC(F)(F)CC2)cc(Nc2ccc3cc[nH]c3c2)n1. The molecule has 28 heavy (non-hydrogen) atoms. The minimum atomic E-state index is -2.54. The lowest BCUT2D eigenvalue weighted by molar-refractivity contribution is -0.0498. The van der Waals surface area contributed by atoms with Crippen LogP contribution in [-0.4, -0.2) is 22.5 Å². The quantitative estimate of drug-likeness (QED) is 0.621. The van der Waals surface area contributed by atoms with Crippen LogP contribution in [0.5, 0.6) is 5.75 Å². The minimum absolute atomic E-state index is 0.0884. The largest absolute Gasteiger partial charge is 0.493 e. The van der Waals surface area contributed by atoms with Gasteiger partial charge in [0.25, 0.3) is 0 Å². The third-order valence-corrected chi connectivity index (χ3v) is 5.06. The first-order valence-corrected chi connectivity index (χ1v) is 9.28. The lowest BCUT2D eigenvalue weighted by atomic mass is 9.87. The zero-order chi connectivity index (χ0) is 19.6. The number of ether oxygens (including phenoxy) is 1. The third-order valence-electron chi connectivity index (χ3n) is 5.06. The summed E-state index contributed by atoms with van der Waals surface area (Å²) in [4.78, 5) is 7.42. The number of nitrogens with zero attached hydrogens (tertiary/aromatic N) is 2. The van der Waals surface area contributed by atoms with Gasteiger partial charge < -0.3 is 15.0 Å². The first kappa shape index (κ1) is 18.2. The van der Waals surface area contributed by atoms with E-state index in [0.29, 0.717) is 31.0 Å². The fraction of sp³-hybridized carbons (Fsp3) is 0.333. The summed E-state index contributed by atoms with van der Waals surface area (Å²) in [5.74, 6) is -1.44. The first-order valence-electron chi connectivity index (χ1n) is 9.28. The molecule has 1 fully saturated rings. The number of benzene rings is 1. The van der Waals surface area contributed by atoms with Crippen LogP contribution in [0.25, 0.3) is 10.9 Å². The number of hydrogen-bond acceptors (Lipinski definition) is 4. The Hall–Kier alpha value is -3.14. The van der Waals surface area contributed by atoms with Crippen LogP contribution in [0.4, 0.5) is 20.3 Å². The molecule has 0 radical (unpaired) electrons. The van der Waals surface area contributed by atoms with Crippen molar-refractivity contribution in [2.75, 3.05) is 11.9 Å². The Morgan fingerprint density at radius 3 is 2.82 bits per heavy atom. The van der Waals surface area contributed by atoms with Crippen LogP contribution in [0.1, 0.15) is 31.4 Å². The van der Waals surface area contributed by atoms with E-state index in [1.165, 1.54) is 0 Å². The van der Waals surface area contributed by atoms with Gasteiger partial charge in [0.2, 0.25) is 5.92 Å². The molecule has 0 bridgehead atoms. The second-order valence-corrected chi connectivity index (χ2v) is 7.20. The second-order valence-electron chi connectivity index (χ2n) is 7.20. The number of hydrogen-bond donors (Lipinski definition) is 2. The van der Waals surface area contributed by atoms with Crippen molar-refractivity contribution in [1.82, 2.24) is 9.97 Å². The van der Waals surface area contributed by atoms with E-state index in [0.717, 1.165) is 16.6 Å². The van der Waals surface area contributed by atoms with E-state index >= 15 is 0 Å². The molecule has 1 aliphatic rings. The molecule has 144 valence electrons. The molecular weight excluding hydrogens is 362 g/mol. The summed E-state index contributed by atoms with van der Waals surface area (Å²) in [5, 5.41) is 13.5. The number of fused-ring (bicyclic) bond motifs is 1. The van der Waals surface area contributed by atoms with Gasteiger partial charge >= 0.3 is 0 Å². The van der Waals surface area contributed by atoms with Crippen molar-refractivity contribution in [2.24, 2.45) is 5.92 Å². The molecule has 0 saturated heterocycles. The maximum atomic E-state index is 13.3. The zero-order valence-electron chi connectivity index (χ0n) is 15.2. The van der Waals surface area contributed by atoms with Crippen molar-refractivity contribution >= 4 is 22.4 Å². The molecule has 1 saturated carbocycles. The van der Waals surface area contributed by atoms with Gasteiger partial charge in [0.1, 0.15) is 23.3 Å². The van der Waals surface area contributed by atoms with Crippen molar-refractivity contribution < 1.29 is 13.5 Å². The first-order chi connectivity index (χ1) is 13.5. The van der Waals surface area contributed by atoms with Crippen LogP contribution in [0.3, 0.4) is 0 Å². The van der Waals surface area contributed by atoms with Crippen LogP contribution in [0, 0.1) is 17.2 Å². The maximum absolute atomic E-state index is 13.3. The normalized spacial score (nSPS) is 16.6. The van der Waals surface area contributed by atoms with Gasteiger partial charge in [-0.3, -0.25) is 0 Å². The number of aromatic amines is 1. The number of pyridine rings is 1. The van der Waals surface area contributed by atoms with Crippen LogP contribution in [-0.2, 0) is 0 Å². The standard InChI is InChI=1S/C21H20F2N4O/c22-21(23)6-3-14(4-7-21)13-28-18-9-17(12-24)27-20(11-18)26-16-2-1-15-5-8-25-19(15)10-16/h1-2,5,8-11,14,25H,3-4,6-7,13H2,(H,26,27). The van der Waals surface area contributed by atoms with E-state index < -0.39 is 5.92 Å². The molecule has 2 aromatic heterocycles. The van der Waals surface area contributed by atoms with Gasteiger partial charge in [-0.1, -0.05) is 6.07 Å². The summed E-state index contributed by atoms with van der Waals surface area (Å²) in [5.41, 5.74) is 2.06. The van der Waals surface area contributed by atoms with E-state index in [2.05, 4.69) is 15.3 Å². The molecule has 5 nitrogen and oxygen atoms in total. The Balaban J connectivity index is 1.45. The second kappa shape index (κ2) is 7.47. The molecule has 7 heteroatoms. The minimum Gasteiger partial charge on any atom is -0.493 e. The number of nitrogens with one attached hydrogen (secondary N) is 2. The fourth-order valence-electron chi connectivity index (χ4n) is 3.46. The molecule has 3 aromatic rings. The molecule has 1 aliphatic carbocycles. The van der Waals surface area contributed by atoms with E-state index in [9.17, 15) is 14.0 Å². The van der Waals surface area contributed by atoms with E-state index in [1.54, 1.807) is 12.1 Å². The van der Waals surface area contributed by atoms with Crippen molar-refractivity contribution in [3.8, 4) is 11.8 Å². The number of H-pyrrole nitrogens is 1. The number of halogens is 2. The maximum Gasteiger partial charge on any atom is 0.248 e. The molecule has 0 unspecified atom stereocenters. The molecule has 2 N–H and O–H groups in total. The fourth-order valence-corrected chi connectivity index (χ4v) is 3.46. The molecule has 1 aromatic carbocycles. The lowest BCUT2D eigenvalue weighted by Gasteiger charge is -2.28. The molecule has 0 aliphatic heterocycles. The summed E-state index contributed by atoms with van der Waals surface area (Å²) >= 11 is 0. The highest BCUT2D eigenvalue weighted by Gasteiger charge is 2.35. The van der Waals surface area contributed by atoms with Crippen molar-refractivity contribution in [2.45, 2.75) is 31.6 Å². The number of nitriles is 1. The molecule has 4 rings (SSSR count). The average Bonchev–Trinajstić information content (AvgIpc) is 3.15. The van der Waals surface area contributed by atoms with Gasteiger partial charge in [-0.15, -0.1) is 0 Å². The Bertz CT molecular complexity index is 1010. The Morgan fingerprint density at radius 1 is 1.21 bits per heavy atom. The van der Waals surface area contributed by atoms with Gasteiger partial charge in [-0.05, 0) is 42.3 Å². The van der Waals surface area contributed by atoms with Crippen LogP contribution in [0.2, 0.25) is 0 Å². The predicted octanol–water partition coefficient (Wildman–Crippen LogP) is 5.38. The van der Waals surface area contributed by atoms with Gasteiger partial charge in [-0.2, -0.15) is 5.26 Å². The summed E-state index contributed by atoms with van der Waals surface area (Å²) < 4.78 is 32.4. The molecule has 0 spiro atoms. The molecule has 0 amide bonds. The van der Waals surface area contributed by atoms with Gasteiger partial charge in [0.15, 0.2) is 0 Å². The zero-order valence-corrected chi connectivity index (χ0v) is 15.2. The summed E-state index contributed by atoms with van der Waals surface area (Å²) in [6.45, 7) is 0.360. The smallest absolute Gasteiger partial charge is 0.248 e. The highest BCUT2D eigenvalue weighted by Crippen LogP contribution is 2.36. The van der Waals surface area contributed by atoms with Crippen molar-refractivity contribution in [3.63, 3.8) is 0 Å². The van der Waals surface area contributed by atoms with Crippen LogP contribution < -0.4 is 10.1 Å². The summed E-state index contributed by atoms with van der Waals surface area (Å²) in [7, 11) is 0. The van der Waals surface area contributed by atoms with Gasteiger partial charge in [-0.25, -0.2) is 13.8 Å². The Morgan fingerprint density at radius 2 is 2.04 bits per heavy atom. The Labute approximate surface area is 161 Å². The predicted molar refractivity (Wildman–Crippen MR) is 103 cm³/mol. The lowest BCUT2D eigenvalue weighted by Crippen LogP contribution is -2.27. The summed E-state index contributed by atoms with van der Waals surface area (Å²) in [6.07, 6.45) is 2.59. The average molecular weight is 382 g/mol.